The molecule has 0 saturated carbocycles. The summed E-state index contributed by atoms with van der Waals surface area (Å²) in [5.41, 5.74) is 0. The molecule has 0 atom stereocenters. The third-order valence-corrected chi connectivity index (χ3v) is 4.59. The van der Waals surface area contributed by atoms with Gasteiger partial charge >= 0.3 is 18.9 Å². The fraction of sp³-hybridized carbons (Fsp3) is 1.00. The van der Waals surface area contributed by atoms with Crippen molar-refractivity contribution in [1.29, 1.82) is 0 Å². The van der Waals surface area contributed by atoms with Gasteiger partial charge in [0.1, 0.15) is 0 Å². The van der Waals surface area contributed by atoms with E-state index in [1.54, 1.807) is 0 Å². The zero-order chi connectivity index (χ0) is 16.3. The Morgan fingerprint density at radius 2 is 0.870 bits per heavy atom. The summed E-state index contributed by atoms with van der Waals surface area (Å²) in [6.45, 7) is 2.63. The molecule has 0 rings (SSSR count). The Labute approximate surface area is 158 Å². The predicted octanol–water partition coefficient (Wildman–Crippen LogP) is 5.14. The van der Waals surface area contributed by atoms with Crippen LogP contribution in [0.2, 0.25) is 0 Å². The molecule has 3 nitrogen and oxygen atoms in total. The summed E-state index contributed by atoms with van der Waals surface area (Å²) < 4.78 is 24.9. The Kier molecular flexibility index (Phi) is 25.2. The minimum atomic E-state index is -2.64. The van der Waals surface area contributed by atoms with Gasteiger partial charge in [0.2, 0.25) is 0 Å². The zero-order valence-electron chi connectivity index (χ0n) is 14.7. The van der Waals surface area contributed by atoms with E-state index < -0.39 is 11.0 Å². The van der Waals surface area contributed by atoms with Crippen LogP contribution in [0.25, 0.3) is 0 Å². The number of hydrogen-bond donors (Lipinski definition) is 1. The molecule has 0 aliphatic rings. The SMILES string of the molecule is CCCCCCCCCCCCCCCCCCO[SH](=O)=O.[LiH]. The van der Waals surface area contributed by atoms with Crippen LogP contribution in [0.15, 0.2) is 0 Å². The molecule has 0 aromatic carbocycles. The minimum absolute atomic E-state index is 0. The third kappa shape index (κ3) is 24.9. The van der Waals surface area contributed by atoms with Crippen LogP contribution in [-0.4, -0.2) is 33.9 Å². The summed E-state index contributed by atoms with van der Waals surface area (Å²) in [7, 11) is -2.64. The molecule has 0 aliphatic heterocycles. The van der Waals surface area contributed by atoms with Crippen molar-refractivity contribution in [3.8, 4) is 0 Å². The number of thiol groups is 1. The van der Waals surface area contributed by atoms with Gasteiger partial charge in [0, 0.05) is 0 Å². The average Bonchev–Trinajstić information content (AvgIpc) is 2.50. The summed E-state index contributed by atoms with van der Waals surface area (Å²) in [6, 6.07) is 0. The van der Waals surface area contributed by atoms with Gasteiger partial charge in [-0.2, -0.15) is 0 Å². The molecule has 0 bridgehead atoms. The molecular weight excluding hydrogens is 303 g/mol. The van der Waals surface area contributed by atoms with Gasteiger partial charge < -0.3 is 0 Å². The second-order valence-corrected chi connectivity index (χ2v) is 7.07. The summed E-state index contributed by atoms with van der Waals surface area (Å²) in [5.74, 6) is 0. The van der Waals surface area contributed by atoms with Gasteiger partial charge in [-0.1, -0.05) is 103 Å². The van der Waals surface area contributed by atoms with Crippen molar-refractivity contribution in [1.82, 2.24) is 0 Å². The summed E-state index contributed by atoms with van der Waals surface area (Å²) in [6.07, 6.45) is 21.2. The van der Waals surface area contributed by atoms with Gasteiger partial charge in [-0.3, -0.25) is 4.18 Å². The van der Waals surface area contributed by atoms with E-state index in [1.165, 1.54) is 89.9 Å². The van der Waals surface area contributed by atoms with Gasteiger partial charge in [-0.25, -0.2) is 8.42 Å². The van der Waals surface area contributed by atoms with Crippen LogP contribution >= 0.6 is 0 Å². The van der Waals surface area contributed by atoms with Crippen LogP contribution in [0.1, 0.15) is 110 Å². The third-order valence-electron chi connectivity index (χ3n) is 4.19. The van der Waals surface area contributed by atoms with E-state index in [2.05, 4.69) is 11.1 Å². The van der Waals surface area contributed by atoms with E-state index in [0.29, 0.717) is 6.61 Å². The second kappa shape index (κ2) is 22.5. The molecule has 5 heteroatoms. The second-order valence-electron chi connectivity index (χ2n) is 6.36. The molecule has 136 valence electrons. The molecule has 0 amide bonds. The molecule has 0 radical (unpaired) electrons. The van der Waals surface area contributed by atoms with Crippen molar-refractivity contribution in [3.05, 3.63) is 0 Å². The quantitative estimate of drug-likeness (QED) is 0.213. The Morgan fingerprint density at radius 3 is 1.17 bits per heavy atom. The van der Waals surface area contributed by atoms with Crippen molar-refractivity contribution in [2.45, 2.75) is 110 Å². The first kappa shape index (κ1) is 25.7. The first-order chi connectivity index (χ1) is 10.8. The van der Waals surface area contributed by atoms with Gasteiger partial charge in [0.15, 0.2) is 0 Å². The van der Waals surface area contributed by atoms with Crippen LogP contribution in [-0.2, 0) is 15.2 Å². The van der Waals surface area contributed by atoms with Gasteiger partial charge in [0.05, 0.1) is 6.61 Å². The molecule has 0 fully saturated rings. The van der Waals surface area contributed by atoms with Crippen molar-refractivity contribution in [3.63, 3.8) is 0 Å². The Hall–Kier alpha value is 0.507. The fourth-order valence-electron chi connectivity index (χ4n) is 2.79. The van der Waals surface area contributed by atoms with E-state index in [-0.39, 0.29) is 18.9 Å². The number of unbranched alkanes of at least 4 members (excludes halogenated alkanes) is 15. The fourth-order valence-corrected chi connectivity index (χ4v) is 3.07. The molecule has 0 aromatic rings. The molecular formula is C18H39LiO3S. The van der Waals surface area contributed by atoms with Crippen LogP contribution < -0.4 is 0 Å². The van der Waals surface area contributed by atoms with E-state index in [9.17, 15) is 8.42 Å². The Balaban J connectivity index is 0. The summed E-state index contributed by atoms with van der Waals surface area (Å²) in [5, 5.41) is 0. The van der Waals surface area contributed by atoms with Crippen molar-refractivity contribution >= 4 is 29.8 Å². The summed E-state index contributed by atoms with van der Waals surface area (Å²) in [4.78, 5) is 0. The van der Waals surface area contributed by atoms with Crippen LogP contribution in [0.5, 0.6) is 0 Å². The zero-order valence-corrected chi connectivity index (χ0v) is 15.6. The molecule has 0 N–H and O–H groups in total. The first-order valence-corrected chi connectivity index (χ1v) is 10.6. The van der Waals surface area contributed by atoms with Crippen LogP contribution in [0.3, 0.4) is 0 Å². The number of rotatable bonds is 18. The molecule has 0 aromatic heterocycles. The van der Waals surface area contributed by atoms with E-state index in [4.69, 9.17) is 0 Å². The molecule has 0 heterocycles. The maximum absolute atomic E-state index is 10.2. The van der Waals surface area contributed by atoms with E-state index in [1.807, 2.05) is 0 Å². The Bertz CT molecular complexity index is 275. The molecule has 0 unspecified atom stereocenters. The molecule has 23 heavy (non-hydrogen) atoms. The number of hydrogen-bond acceptors (Lipinski definition) is 3. The maximum atomic E-state index is 10.2. The first-order valence-electron chi connectivity index (χ1n) is 9.54. The molecule has 0 saturated heterocycles. The van der Waals surface area contributed by atoms with Crippen molar-refractivity contribution < 1.29 is 12.6 Å². The van der Waals surface area contributed by atoms with Crippen LogP contribution in [0, 0.1) is 0 Å². The van der Waals surface area contributed by atoms with Crippen molar-refractivity contribution in [2.75, 3.05) is 6.61 Å². The average molecular weight is 343 g/mol. The predicted molar refractivity (Wildman–Crippen MR) is 103 cm³/mol. The normalized spacial score (nSPS) is 10.9. The van der Waals surface area contributed by atoms with Crippen LogP contribution in [0.4, 0.5) is 0 Å². The molecule has 0 aliphatic carbocycles. The van der Waals surface area contributed by atoms with Crippen molar-refractivity contribution in [2.24, 2.45) is 0 Å². The van der Waals surface area contributed by atoms with E-state index >= 15 is 0 Å². The summed E-state index contributed by atoms with van der Waals surface area (Å²) >= 11 is 0. The molecule has 0 spiro atoms. The monoisotopic (exact) mass is 342 g/mol. The van der Waals surface area contributed by atoms with Gasteiger partial charge in [0.25, 0.3) is 11.0 Å². The van der Waals surface area contributed by atoms with Gasteiger partial charge in [-0.15, -0.1) is 0 Å². The standard InChI is InChI=1S/C18H38O3S.Li.H/c1-2-3-4-5-6-7-8-9-10-11-12-13-14-15-16-17-18-21-22(19)20;;/h22H,2-18H2,1H3;;. The topological polar surface area (TPSA) is 43.4 Å². The van der Waals surface area contributed by atoms with Gasteiger partial charge in [-0.05, 0) is 6.42 Å². The van der Waals surface area contributed by atoms with E-state index in [0.717, 1.165) is 12.8 Å². The Morgan fingerprint density at radius 1 is 0.565 bits per heavy atom.